The average Bonchev–Trinajstić information content (AvgIpc) is 2.66. The summed E-state index contributed by atoms with van der Waals surface area (Å²) in [4.78, 5) is 37.6. The third-order valence-electron chi connectivity index (χ3n) is 4.68. The van der Waals surface area contributed by atoms with Crippen LogP contribution in [0.15, 0.2) is 47.3 Å². The van der Waals surface area contributed by atoms with Gasteiger partial charge in [-0.1, -0.05) is 35.9 Å². The van der Waals surface area contributed by atoms with Crippen LogP contribution in [0.1, 0.15) is 30.5 Å². The Hall–Kier alpha value is -2.99. The third-order valence-corrected chi connectivity index (χ3v) is 5.00. The number of anilines is 1. The van der Waals surface area contributed by atoms with Crippen LogP contribution in [0.5, 0.6) is 0 Å². The fourth-order valence-corrected chi connectivity index (χ4v) is 3.56. The van der Waals surface area contributed by atoms with Crippen LogP contribution in [0.3, 0.4) is 0 Å². The summed E-state index contributed by atoms with van der Waals surface area (Å²) in [7, 11) is 0. The number of amides is 2. The van der Waals surface area contributed by atoms with Crippen LogP contribution in [0.25, 0.3) is 10.8 Å². The number of piperidine rings is 1. The van der Waals surface area contributed by atoms with Crippen molar-refractivity contribution >= 4 is 39.9 Å². The van der Waals surface area contributed by atoms with Crippen LogP contribution in [0.2, 0.25) is 5.02 Å². The molecule has 0 radical (unpaired) electrons. The van der Waals surface area contributed by atoms with E-state index in [1.54, 1.807) is 24.3 Å². The van der Waals surface area contributed by atoms with Crippen LogP contribution in [0, 0.1) is 0 Å². The summed E-state index contributed by atoms with van der Waals surface area (Å²) >= 11 is 6.27. The zero-order valence-corrected chi connectivity index (χ0v) is 15.1. The Balaban J connectivity index is 1.74. The summed E-state index contributed by atoms with van der Waals surface area (Å²) < 4.78 is 0. The van der Waals surface area contributed by atoms with Gasteiger partial charge in [0.15, 0.2) is 0 Å². The van der Waals surface area contributed by atoms with Gasteiger partial charge in [0, 0.05) is 24.6 Å². The Kier molecular flexibility index (Phi) is 4.49. The number of H-pyrrole nitrogens is 1. The molecule has 1 aliphatic heterocycles. The fourth-order valence-electron chi connectivity index (χ4n) is 3.36. The Morgan fingerprint density at radius 2 is 1.70 bits per heavy atom. The monoisotopic (exact) mass is 381 g/mol. The summed E-state index contributed by atoms with van der Waals surface area (Å²) in [5.74, 6) is -0.476. The number of rotatable bonds is 3. The zero-order valence-electron chi connectivity index (χ0n) is 14.4. The largest absolute Gasteiger partial charge is 0.274 e. The van der Waals surface area contributed by atoms with Crippen molar-refractivity contribution in [3.05, 3.63) is 69.1 Å². The van der Waals surface area contributed by atoms with E-state index in [1.807, 2.05) is 18.2 Å². The molecule has 2 heterocycles. The summed E-state index contributed by atoms with van der Waals surface area (Å²) in [6.45, 7) is 0. The number of nitrogens with one attached hydrogen (secondary N) is 1. The second-order valence-electron chi connectivity index (χ2n) is 6.48. The Morgan fingerprint density at radius 3 is 2.44 bits per heavy atom. The molecule has 0 bridgehead atoms. The lowest BCUT2D eigenvalue weighted by Gasteiger charge is -2.26. The lowest BCUT2D eigenvalue weighted by molar-refractivity contribution is -0.129. The second kappa shape index (κ2) is 6.96. The van der Waals surface area contributed by atoms with Gasteiger partial charge in [0.05, 0.1) is 21.8 Å². The number of fused-ring (bicyclic) bond motifs is 1. The standard InChI is InChI=1S/C20H16ClN3O3/c21-15-9-8-12(11-17(15)24-18(25)6-3-7-19(24)26)10-16-13-4-1-2-5-14(13)20(27)23-22-16/h1-2,4-5,8-9,11H,3,6-7,10H2,(H,23,27). The topological polar surface area (TPSA) is 83.1 Å². The molecule has 0 aliphatic carbocycles. The zero-order chi connectivity index (χ0) is 19.0. The molecule has 0 unspecified atom stereocenters. The van der Waals surface area contributed by atoms with Crippen molar-refractivity contribution in [3.63, 3.8) is 0 Å². The minimum atomic E-state index is -0.240. The molecule has 2 amide bonds. The Bertz CT molecular complexity index is 1110. The maximum atomic E-state index is 12.2. The van der Waals surface area contributed by atoms with E-state index in [0.29, 0.717) is 47.5 Å². The van der Waals surface area contributed by atoms with Gasteiger partial charge in [-0.2, -0.15) is 5.10 Å². The maximum Gasteiger partial charge on any atom is 0.272 e. The molecule has 136 valence electrons. The van der Waals surface area contributed by atoms with Gasteiger partial charge < -0.3 is 0 Å². The summed E-state index contributed by atoms with van der Waals surface area (Å²) in [5, 5.41) is 8.38. The van der Waals surface area contributed by atoms with E-state index < -0.39 is 0 Å². The van der Waals surface area contributed by atoms with Gasteiger partial charge in [-0.25, -0.2) is 10.00 Å². The highest BCUT2D eigenvalue weighted by molar-refractivity contribution is 6.35. The van der Waals surface area contributed by atoms with Crippen molar-refractivity contribution < 1.29 is 9.59 Å². The summed E-state index contributed by atoms with van der Waals surface area (Å²) in [6.07, 6.45) is 1.66. The summed E-state index contributed by atoms with van der Waals surface area (Å²) in [5.41, 5.74) is 1.70. The van der Waals surface area contributed by atoms with E-state index in [-0.39, 0.29) is 17.4 Å². The molecule has 1 saturated heterocycles. The number of aromatic nitrogens is 2. The average molecular weight is 382 g/mol. The van der Waals surface area contributed by atoms with E-state index in [2.05, 4.69) is 10.2 Å². The molecule has 0 saturated carbocycles. The molecule has 0 spiro atoms. The Labute approximate surface area is 159 Å². The number of hydrogen-bond acceptors (Lipinski definition) is 4. The lowest BCUT2D eigenvalue weighted by atomic mass is 10.0. The quantitative estimate of drug-likeness (QED) is 0.706. The smallest absolute Gasteiger partial charge is 0.272 e. The molecular weight excluding hydrogens is 366 g/mol. The number of nitrogens with zero attached hydrogens (tertiary/aromatic N) is 2. The van der Waals surface area contributed by atoms with Crippen LogP contribution < -0.4 is 10.5 Å². The minimum Gasteiger partial charge on any atom is -0.274 e. The van der Waals surface area contributed by atoms with Crippen molar-refractivity contribution in [2.24, 2.45) is 0 Å². The predicted octanol–water partition coefficient (Wildman–Crippen LogP) is 3.21. The fraction of sp³-hybridized carbons (Fsp3) is 0.200. The number of aromatic amines is 1. The van der Waals surface area contributed by atoms with Gasteiger partial charge in [0.25, 0.3) is 5.56 Å². The van der Waals surface area contributed by atoms with Gasteiger partial charge in [0.1, 0.15) is 0 Å². The van der Waals surface area contributed by atoms with Crippen molar-refractivity contribution in [3.8, 4) is 0 Å². The first-order valence-corrected chi connectivity index (χ1v) is 9.03. The van der Waals surface area contributed by atoms with Crippen LogP contribution in [-0.4, -0.2) is 22.0 Å². The van der Waals surface area contributed by atoms with Crippen LogP contribution in [0.4, 0.5) is 5.69 Å². The molecule has 1 aromatic heterocycles. The lowest BCUT2D eigenvalue weighted by Crippen LogP contribution is -2.40. The molecule has 7 heteroatoms. The molecule has 2 aromatic carbocycles. The van der Waals surface area contributed by atoms with Gasteiger partial charge >= 0.3 is 0 Å². The van der Waals surface area contributed by atoms with E-state index in [0.717, 1.165) is 10.9 Å². The molecule has 1 N–H and O–H groups in total. The molecule has 4 rings (SSSR count). The van der Waals surface area contributed by atoms with Crippen molar-refractivity contribution in [1.29, 1.82) is 0 Å². The van der Waals surface area contributed by atoms with E-state index in [1.165, 1.54) is 4.90 Å². The summed E-state index contributed by atoms with van der Waals surface area (Å²) in [6, 6.07) is 12.5. The molecule has 27 heavy (non-hydrogen) atoms. The van der Waals surface area contributed by atoms with E-state index in [4.69, 9.17) is 11.6 Å². The van der Waals surface area contributed by atoms with Crippen LogP contribution >= 0.6 is 11.6 Å². The van der Waals surface area contributed by atoms with Crippen molar-refractivity contribution in [2.75, 3.05) is 4.90 Å². The van der Waals surface area contributed by atoms with Gasteiger partial charge in [0.2, 0.25) is 11.8 Å². The first-order chi connectivity index (χ1) is 13.0. The number of hydrogen-bond donors (Lipinski definition) is 1. The molecule has 6 nitrogen and oxygen atoms in total. The van der Waals surface area contributed by atoms with Gasteiger partial charge in [-0.15, -0.1) is 0 Å². The number of benzene rings is 2. The first kappa shape index (κ1) is 17.4. The third kappa shape index (κ3) is 3.24. The van der Waals surface area contributed by atoms with E-state index >= 15 is 0 Å². The number of carbonyl (C=O) groups excluding carboxylic acids is 2. The molecular formula is C20H16ClN3O3. The Morgan fingerprint density at radius 1 is 1.00 bits per heavy atom. The molecule has 1 aliphatic rings. The van der Waals surface area contributed by atoms with Crippen LogP contribution in [-0.2, 0) is 16.0 Å². The second-order valence-corrected chi connectivity index (χ2v) is 6.89. The van der Waals surface area contributed by atoms with Gasteiger partial charge in [-0.3, -0.25) is 14.4 Å². The highest BCUT2D eigenvalue weighted by Gasteiger charge is 2.29. The molecule has 0 atom stereocenters. The maximum absolute atomic E-state index is 12.2. The van der Waals surface area contributed by atoms with Crippen molar-refractivity contribution in [1.82, 2.24) is 10.2 Å². The SMILES string of the molecule is O=C1CCCC(=O)N1c1cc(Cc2n[nH]c(=O)c3ccccc23)ccc1Cl. The minimum absolute atomic E-state index is 0.238. The normalized spacial score (nSPS) is 14.8. The number of halogens is 1. The highest BCUT2D eigenvalue weighted by atomic mass is 35.5. The predicted molar refractivity (Wildman–Crippen MR) is 103 cm³/mol. The molecule has 1 fully saturated rings. The first-order valence-electron chi connectivity index (χ1n) is 8.65. The number of imide groups is 1. The highest BCUT2D eigenvalue weighted by Crippen LogP contribution is 2.31. The molecule has 3 aromatic rings. The van der Waals surface area contributed by atoms with Crippen molar-refractivity contribution in [2.45, 2.75) is 25.7 Å². The number of carbonyl (C=O) groups is 2. The van der Waals surface area contributed by atoms with E-state index in [9.17, 15) is 14.4 Å². The van der Waals surface area contributed by atoms with Gasteiger partial charge in [-0.05, 0) is 30.2 Å².